The molecule has 4 nitrogen and oxygen atoms in total. The average molecular weight is 450 g/mol. The summed E-state index contributed by atoms with van der Waals surface area (Å²) in [6, 6.07) is 4.28. The molecule has 22 heavy (non-hydrogen) atoms. The molecule has 122 valence electrons. The number of hydrogen-bond donors (Lipinski definition) is 2. The molecule has 0 saturated heterocycles. The number of hydrogen-bond acceptors (Lipinski definition) is 4. The largest absolute Gasteiger partial charge is 0.357 e. The van der Waals surface area contributed by atoms with Crippen LogP contribution in [0.15, 0.2) is 17.1 Å². The van der Waals surface area contributed by atoms with E-state index in [0.29, 0.717) is 6.54 Å². The molecular weight excluding hydrogens is 427 g/mol. The van der Waals surface area contributed by atoms with E-state index < -0.39 is 0 Å². The lowest BCUT2D eigenvalue weighted by molar-refractivity contribution is 0.820. The first-order chi connectivity index (χ1) is 10.1. The molecule has 0 amide bonds. The van der Waals surface area contributed by atoms with Gasteiger partial charge in [-0.15, -0.1) is 46.7 Å². The average Bonchev–Trinajstić information content (AvgIpc) is 2.99. The molecule has 0 saturated carbocycles. The third-order valence-electron chi connectivity index (χ3n) is 2.95. The quantitative estimate of drug-likeness (QED) is 0.411. The molecule has 0 unspecified atom stereocenters. The molecule has 0 spiro atoms. The van der Waals surface area contributed by atoms with Gasteiger partial charge in [0.25, 0.3) is 0 Å². The smallest absolute Gasteiger partial charge is 0.191 e. The van der Waals surface area contributed by atoms with Gasteiger partial charge in [0.2, 0.25) is 0 Å². The van der Waals surface area contributed by atoms with Crippen LogP contribution in [-0.2, 0) is 13.1 Å². The van der Waals surface area contributed by atoms with Crippen molar-refractivity contribution in [3.8, 4) is 0 Å². The first kappa shape index (κ1) is 19.4. The van der Waals surface area contributed by atoms with Crippen LogP contribution in [0.25, 0.3) is 0 Å². The van der Waals surface area contributed by atoms with Crippen molar-refractivity contribution < 1.29 is 0 Å². The second-order valence-corrected chi connectivity index (χ2v) is 7.46. The summed E-state index contributed by atoms with van der Waals surface area (Å²) >= 11 is 3.54. The Morgan fingerprint density at radius 2 is 1.95 bits per heavy atom. The van der Waals surface area contributed by atoms with Crippen LogP contribution in [0, 0.1) is 20.8 Å². The molecule has 0 aliphatic carbocycles. The number of rotatable bonds is 5. The van der Waals surface area contributed by atoms with Gasteiger partial charge in [0.1, 0.15) is 0 Å². The van der Waals surface area contributed by atoms with Crippen LogP contribution in [0.5, 0.6) is 0 Å². The molecule has 2 rings (SSSR count). The van der Waals surface area contributed by atoms with E-state index in [4.69, 9.17) is 0 Å². The summed E-state index contributed by atoms with van der Waals surface area (Å²) in [6.45, 7) is 10.6. The van der Waals surface area contributed by atoms with Crippen molar-refractivity contribution in [2.24, 2.45) is 4.99 Å². The van der Waals surface area contributed by atoms with Crippen LogP contribution >= 0.6 is 46.7 Å². The van der Waals surface area contributed by atoms with E-state index in [-0.39, 0.29) is 24.0 Å². The van der Waals surface area contributed by atoms with Gasteiger partial charge in [-0.05, 0) is 39.8 Å². The highest BCUT2D eigenvalue weighted by Crippen LogP contribution is 2.17. The number of guanidine groups is 1. The van der Waals surface area contributed by atoms with Crippen molar-refractivity contribution >= 4 is 52.6 Å². The lowest BCUT2D eigenvalue weighted by atomic mass is 10.4. The fourth-order valence-corrected chi connectivity index (χ4v) is 3.66. The van der Waals surface area contributed by atoms with Gasteiger partial charge < -0.3 is 10.6 Å². The number of nitrogens with one attached hydrogen (secondary N) is 2. The maximum atomic E-state index is 4.64. The van der Waals surface area contributed by atoms with E-state index in [0.717, 1.165) is 29.8 Å². The molecule has 0 fully saturated rings. The first-order valence-electron chi connectivity index (χ1n) is 7.09. The molecule has 0 atom stereocenters. The molecule has 2 heterocycles. The number of aryl methyl sites for hydroxylation is 3. The number of aromatic nitrogens is 1. The SMILES string of the molecule is CCNC(=NCc1ccc(C)s1)NCc1sc(C)nc1C.I. The predicted octanol–water partition coefficient (Wildman–Crippen LogP) is 4.00. The van der Waals surface area contributed by atoms with E-state index in [9.17, 15) is 0 Å². The van der Waals surface area contributed by atoms with Crippen molar-refractivity contribution in [3.63, 3.8) is 0 Å². The molecule has 2 N–H and O–H groups in total. The number of nitrogens with zero attached hydrogens (tertiary/aromatic N) is 2. The third kappa shape index (κ3) is 5.85. The fourth-order valence-electron chi connectivity index (χ4n) is 1.97. The fraction of sp³-hybridized carbons (Fsp3) is 0.467. The molecular formula is C15H23IN4S2. The molecule has 7 heteroatoms. The number of thiophene rings is 1. The van der Waals surface area contributed by atoms with Gasteiger partial charge in [0, 0.05) is 21.2 Å². The summed E-state index contributed by atoms with van der Waals surface area (Å²) in [6.07, 6.45) is 0. The van der Waals surface area contributed by atoms with Gasteiger partial charge in [-0.25, -0.2) is 9.98 Å². The van der Waals surface area contributed by atoms with E-state index in [1.54, 1.807) is 22.7 Å². The lowest BCUT2D eigenvalue weighted by Gasteiger charge is -2.10. The summed E-state index contributed by atoms with van der Waals surface area (Å²) in [7, 11) is 0. The molecule has 0 bridgehead atoms. The molecule has 0 radical (unpaired) electrons. The summed E-state index contributed by atoms with van der Waals surface area (Å²) in [5.41, 5.74) is 1.11. The topological polar surface area (TPSA) is 49.3 Å². The van der Waals surface area contributed by atoms with Crippen molar-refractivity contribution in [1.29, 1.82) is 0 Å². The Balaban J connectivity index is 0.00000242. The second-order valence-electron chi connectivity index (χ2n) is 4.80. The monoisotopic (exact) mass is 450 g/mol. The van der Waals surface area contributed by atoms with E-state index in [2.05, 4.69) is 53.5 Å². The van der Waals surface area contributed by atoms with Gasteiger partial charge in [0.15, 0.2) is 5.96 Å². The zero-order valence-corrected chi connectivity index (χ0v) is 17.4. The van der Waals surface area contributed by atoms with Gasteiger partial charge in [-0.3, -0.25) is 0 Å². The zero-order chi connectivity index (χ0) is 15.2. The van der Waals surface area contributed by atoms with Crippen LogP contribution in [-0.4, -0.2) is 17.5 Å². The van der Waals surface area contributed by atoms with E-state index in [1.165, 1.54) is 14.6 Å². The van der Waals surface area contributed by atoms with Crippen LogP contribution in [0.4, 0.5) is 0 Å². The highest BCUT2D eigenvalue weighted by atomic mass is 127. The predicted molar refractivity (Wildman–Crippen MR) is 108 cm³/mol. The normalized spacial score (nSPS) is 11.2. The van der Waals surface area contributed by atoms with Crippen molar-refractivity contribution in [2.45, 2.75) is 40.8 Å². The minimum Gasteiger partial charge on any atom is -0.357 e. The Morgan fingerprint density at radius 1 is 1.18 bits per heavy atom. The Hall–Kier alpha value is -0.670. The number of aliphatic imine (C=N–C) groups is 1. The summed E-state index contributed by atoms with van der Waals surface area (Å²) < 4.78 is 0. The zero-order valence-electron chi connectivity index (χ0n) is 13.4. The first-order valence-corrected chi connectivity index (χ1v) is 8.72. The summed E-state index contributed by atoms with van der Waals surface area (Å²) in [5, 5.41) is 7.78. The van der Waals surface area contributed by atoms with Crippen molar-refractivity contribution in [1.82, 2.24) is 15.6 Å². The van der Waals surface area contributed by atoms with E-state index >= 15 is 0 Å². The van der Waals surface area contributed by atoms with E-state index in [1.807, 2.05) is 6.92 Å². The van der Waals surface area contributed by atoms with Crippen molar-refractivity contribution in [2.75, 3.05) is 6.54 Å². The Labute approximate surface area is 157 Å². The molecule has 0 aliphatic heterocycles. The van der Waals surface area contributed by atoms with Gasteiger partial charge in [-0.1, -0.05) is 0 Å². The minimum absolute atomic E-state index is 0. The summed E-state index contributed by atoms with van der Waals surface area (Å²) in [4.78, 5) is 13.0. The van der Waals surface area contributed by atoms with Crippen LogP contribution < -0.4 is 10.6 Å². The maximum absolute atomic E-state index is 4.64. The lowest BCUT2D eigenvalue weighted by Crippen LogP contribution is -2.36. The summed E-state index contributed by atoms with van der Waals surface area (Å²) in [5.74, 6) is 0.856. The van der Waals surface area contributed by atoms with Crippen LogP contribution in [0.3, 0.4) is 0 Å². The van der Waals surface area contributed by atoms with Gasteiger partial charge in [0.05, 0.1) is 23.8 Å². The number of halogens is 1. The molecule has 2 aromatic heterocycles. The van der Waals surface area contributed by atoms with Gasteiger partial charge >= 0.3 is 0 Å². The van der Waals surface area contributed by atoms with Crippen molar-refractivity contribution in [3.05, 3.63) is 37.5 Å². The molecule has 0 aromatic carbocycles. The highest BCUT2D eigenvalue weighted by Gasteiger charge is 2.06. The Bertz CT molecular complexity index is 619. The standard InChI is InChI=1S/C15H22N4S2.HI/c1-5-16-15(17-8-13-7-6-10(2)20-13)18-9-14-11(3)19-12(4)21-14;/h6-7H,5,8-9H2,1-4H3,(H2,16,17,18);1H. The molecule has 2 aromatic rings. The third-order valence-corrected chi connectivity index (χ3v) is 5.01. The van der Waals surface area contributed by atoms with Gasteiger partial charge in [-0.2, -0.15) is 0 Å². The second kappa shape index (κ2) is 9.46. The highest BCUT2D eigenvalue weighted by molar-refractivity contribution is 14.0. The Morgan fingerprint density at radius 3 is 2.50 bits per heavy atom. The maximum Gasteiger partial charge on any atom is 0.191 e. The van der Waals surface area contributed by atoms with Crippen LogP contribution in [0.2, 0.25) is 0 Å². The van der Waals surface area contributed by atoms with Crippen LogP contribution in [0.1, 0.15) is 32.3 Å². The minimum atomic E-state index is 0. The Kier molecular flexibility index (Phi) is 8.34. The number of thiazole rings is 1. The molecule has 0 aliphatic rings.